The summed E-state index contributed by atoms with van der Waals surface area (Å²) in [7, 11) is 0. The number of rotatable bonds is 3. The Hall–Kier alpha value is -1.31. The molecule has 0 aliphatic heterocycles. The molecule has 1 aromatic carbocycles. The molecule has 2 bridgehead atoms. The van der Waals surface area contributed by atoms with Crippen molar-refractivity contribution in [1.29, 1.82) is 0 Å². The third kappa shape index (κ3) is 2.08. The molecule has 2 aliphatic carbocycles. The maximum absolute atomic E-state index is 12.1. The number of ketones is 1. The first-order chi connectivity index (χ1) is 8.22. The molecule has 2 aliphatic rings. The molecule has 0 spiro atoms. The van der Waals surface area contributed by atoms with Crippen LogP contribution in [0.25, 0.3) is 0 Å². The number of carbonyl (C=O) groups is 1. The average molecular weight is 229 g/mol. The van der Waals surface area contributed by atoms with Crippen molar-refractivity contribution in [3.63, 3.8) is 0 Å². The van der Waals surface area contributed by atoms with Crippen molar-refractivity contribution in [1.82, 2.24) is 0 Å². The van der Waals surface area contributed by atoms with Gasteiger partial charge in [0.15, 0.2) is 5.78 Å². The minimum atomic E-state index is 0.294. The van der Waals surface area contributed by atoms with Crippen molar-refractivity contribution in [2.24, 2.45) is 17.8 Å². The summed E-state index contributed by atoms with van der Waals surface area (Å²) >= 11 is 0. The number of nitrogen functional groups attached to an aromatic ring is 1. The number of nitrogens with two attached hydrogens (primary N) is 1. The zero-order chi connectivity index (χ0) is 11.8. The summed E-state index contributed by atoms with van der Waals surface area (Å²) in [5.74, 6) is 2.70. The van der Waals surface area contributed by atoms with Gasteiger partial charge >= 0.3 is 0 Å². The maximum Gasteiger partial charge on any atom is 0.163 e. The summed E-state index contributed by atoms with van der Waals surface area (Å²) in [5, 5.41) is 0. The van der Waals surface area contributed by atoms with Crippen molar-refractivity contribution in [3.8, 4) is 0 Å². The van der Waals surface area contributed by atoms with E-state index >= 15 is 0 Å². The quantitative estimate of drug-likeness (QED) is 0.638. The first-order valence-electron chi connectivity index (χ1n) is 6.61. The molecule has 2 N–H and O–H groups in total. The number of hydrogen-bond donors (Lipinski definition) is 1. The molecule has 0 aromatic heterocycles. The predicted molar refractivity (Wildman–Crippen MR) is 68.7 cm³/mol. The highest BCUT2D eigenvalue weighted by Crippen LogP contribution is 2.49. The summed E-state index contributed by atoms with van der Waals surface area (Å²) in [6.07, 6.45) is 6.15. The average Bonchev–Trinajstić information content (AvgIpc) is 2.91. The van der Waals surface area contributed by atoms with Crippen LogP contribution in [-0.2, 0) is 0 Å². The van der Waals surface area contributed by atoms with Crippen LogP contribution in [0.2, 0.25) is 0 Å². The molecule has 90 valence electrons. The molecule has 2 saturated carbocycles. The zero-order valence-electron chi connectivity index (χ0n) is 10.1. The first kappa shape index (κ1) is 10.8. The van der Waals surface area contributed by atoms with E-state index in [9.17, 15) is 4.79 Å². The fourth-order valence-electron chi connectivity index (χ4n) is 3.65. The van der Waals surface area contributed by atoms with E-state index in [2.05, 4.69) is 0 Å². The number of hydrogen-bond acceptors (Lipinski definition) is 2. The van der Waals surface area contributed by atoms with Crippen LogP contribution in [0.5, 0.6) is 0 Å². The number of benzene rings is 1. The lowest BCUT2D eigenvalue weighted by Gasteiger charge is -2.20. The fourth-order valence-corrected chi connectivity index (χ4v) is 3.65. The molecule has 0 amide bonds. The van der Waals surface area contributed by atoms with Gasteiger partial charge < -0.3 is 5.73 Å². The second-order valence-electron chi connectivity index (χ2n) is 5.68. The standard InChI is InChI=1S/C15H19NO/c16-14-5-3-11(4-6-14)15(17)9-13-8-10-1-2-12(13)7-10/h3-6,10,12-13H,1-2,7-9,16H2. The molecule has 0 saturated heterocycles. The Morgan fingerprint density at radius 3 is 2.53 bits per heavy atom. The molecule has 3 rings (SSSR count). The Morgan fingerprint density at radius 2 is 1.94 bits per heavy atom. The van der Waals surface area contributed by atoms with Gasteiger partial charge in [0, 0.05) is 17.7 Å². The van der Waals surface area contributed by atoms with Gasteiger partial charge in [0.2, 0.25) is 0 Å². The van der Waals surface area contributed by atoms with E-state index in [-0.39, 0.29) is 0 Å². The Balaban J connectivity index is 1.65. The normalized spacial score (nSPS) is 30.7. The summed E-state index contributed by atoms with van der Waals surface area (Å²) in [6.45, 7) is 0. The summed E-state index contributed by atoms with van der Waals surface area (Å²) in [6, 6.07) is 7.33. The van der Waals surface area contributed by atoms with Crippen molar-refractivity contribution < 1.29 is 4.79 Å². The molecule has 3 unspecified atom stereocenters. The van der Waals surface area contributed by atoms with Crippen LogP contribution in [0.1, 0.15) is 42.5 Å². The van der Waals surface area contributed by atoms with E-state index < -0.39 is 0 Å². The minimum Gasteiger partial charge on any atom is -0.399 e. The summed E-state index contributed by atoms with van der Waals surface area (Å²) < 4.78 is 0. The first-order valence-corrected chi connectivity index (χ1v) is 6.61. The van der Waals surface area contributed by atoms with Gasteiger partial charge in [0.1, 0.15) is 0 Å². The molecular formula is C15H19NO. The Bertz CT molecular complexity index is 423. The Labute approximate surface area is 102 Å². The lowest BCUT2D eigenvalue weighted by molar-refractivity contribution is 0.0944. The van der Waals surface area contributed by atoms with E-state index in [1.54, 1.807) is 0 Å². The van der Waals surface area contributed by atoms with Gasteiger partial charge in [-0.15, -0.1) is 0 Å². The van der Waals surface area contributed by atoms with Crippen LogP contribution in [0.3, 0.4) is 0 Å². The van der Waals surface area contributed by atoms with E-state index in [0.717, 1.165) is 29.5 Å². The van der Waals surface area contributed by atoms with E-state index in [1.807, 2.05) is 24.3 Å². The van der Waals surface area contributed by atoms with Gasteiger partial charge in [-0.05, 0) is 61.3 Å². The van der Waals surface area contributed by atoms with Crippen LogP contribution in [0.15, 0.2) is 24.3 Å². The Morgan fingerprint density at radius 1 is 1.18 bits per heavy atom. The molecule has 2 fully saturated rings. The molecule has 2 nitrogen and oxygen atoms in total. The lowest BCUT2D eigenvalue weighted by atomic mass is 9.84. The van der Waals surface area contributed by atoms with E-state index in [0.29, 0.717) is 11.7 Å². The topological polar surface area (TPSA) is 43.1 Å². The molecule has 1 aromatic rings. The maximum atomic E-state index is 12.1. The van der Waals surface area contributed by atoms with E-state index in [4.69, 9.17) is 5.73 Å². The fraction of sp³-hybridized carbons (Fsp3) is 0.533. The third-order valence-corrected chi connectivity index (χ3v) is 4.56. The highest BCUT2D eigenvalue weighted by molar-refractivity contribution is 5.96. The minimum absolute atomic E-state index is 0.294. The van der Waals surface area contributed by atoms with Gasteiger partial charge in [-0.25, -0.2) is 0 Å². The molecule has 17 heavy (non-hydrogen) atoms. The van der Waals surface area contributed by atoms with Crippen molar-refractivity contribution in [2.75, 3.05) is 5.73 Å². The number of fused-ring (bicyclic) bond motifs is 2. The van der Waals surface area contributed by atoms with Gasteiger partial charge in [0.05, 0.1) is 0 Å². The van der Waals surface area contributed by atoms with Crippen LogP contribution in [0.4, 0.5) is 5.69 Å². The molecule has 3 atom stereocenters. The highest BCUT2D eigenvalue weighted by atomic mass is 16.1. The molecule has 0 heterocycles. The summed E-state index contributed by atoms with van der Waals surface area (Å²) in [4.78, 5) is 12.1. The lowest BCUT2D eigenvalue weighted by Crippen LogP contribution is -2.15. The smallest absolute Gasteiger partial charge is 0.163 e. The molecular weight excluding hydrogens is 210 g/mol. The molecule has 0 radical (unpaired) electrons. The Kier molecular flexibility index (Phi) is 2.65. The van der Waals surface area contributed by atoms with Crippen LogP contribution in [-0.4, -0.2) is 5.78 Å². The molecule has 2 heteroatoms. The summed E-state index contributed by atoms with van der Waals surface area (Å²) in [5.41, 5.74) is 7.17. The van der Waals surface area contributed by atoms with Gasteiger partial charge in [-0.1, -0.05) is 6.42 Å². The van der Waals surface area contributed by atoms with Crippen molar-refractivity contribution >= 4 is 11.5 Å². The second-order valence-corrected chi connectivity index (χ2v) is 5.68. The third-order valence-electron chi connectivity index (χ3n) is 4.56. The predicted octanol–water partition coefficient (Wildman–Crippen LogP) is 3.28. The van der Waals surface area contributed by atoms with Crippen LogP contribution >= 0.6 is 0 Å². The van der Waals surface area contributed by atoms with E-state index in [1.165, 1.54) is 25.7 Å². The largest absolute Gasteiger partial charge is 0.399 e. The number of Topliss-reactive ketones (excluding diaryl/α,β-unsaturated/α-hetero) is 1. The number of anilines is 1. The van der Waals surface area contributed by atoms with Gasteiger partial charge in [-0.3, -0.25) is 4.79 Å². The SMILES string of the molecule is Nc1ccc(C(=O)CC2CC3CCC2C3)cc1. The number of carbonyl (C=O) groups excluding carboxylic acids is 1. The van der Waals surface area contributed by atoms with Crippen molar-refractivity contribution in [3.05, 3.63) is 29.8 Å². The van der Waals surface area contributed by atoms with Crippen LogP contribution in [0, 0.1) is 17.8 Å². The highest BCUT2D eigenvalue weighted by Gasteiger charge is 2.40. The monoisotopic (exact) mass is 229 g/mol. The van der Waals surface area contributed by atoms with Crippen LogP contribution < -0.4 is 5.73 Å². The van der Waals surface area contributed by atoms with Crippen molar-refractivity contribution in [2.45, 2.75) is 32.1 Å². The second kappa shape index (κ2) is 4.17. The zero-order valence-corrected chi connectivity index (χ0v) is 10.1. The van der Waals surface area contributed by atoms with Gasteiger partial charge in [0.25, 0.3) is 0 Å². The van der Waals surface area contributed by atoms with Gasteiger partial charge in [-0.2, -0.15) is 0 Å².